The van der Waals surface area contributed by atoms with Crippen LogP contribution in [0.3, 0.4) is 0 Å². The van der Waals surface area contributed by atoms with Crippen molar-refractivity contribution in [3.63, 3.8) is 0 Å². The molecule has 0 amide bonds. The van der Waals surface area contributed by atoms with Gasteiger partial charge in [-0.25, -0.2) is 13.8 Å². The Morgan fingerprint density at radius 3 is 2.86 bits per heavy atom. The summed E-state index contributed by atoms with van der Waals surface area (Å²) in [4.78, 5) is 16.4. The van der Waals surface area contributed by atoms with Crippen LogP contribution in [0.4, 0.5) is 19.7 Å². The van der Waals surface area contributed by atoms with Gasteiger partial charge in [-0.2, -0.15) is 0 Å². The molecule has 0 atom stereocenters. The molecule has 1 fully saturated rings. The SMILES string of the molecule is Nc1nc(NC2CNC2)sc1C(=O)C1=C(F)CCC=C1F. The molecule has 0 radical (unpaired) electrons. The first kappa shape index (κ1) is 14.2. The van der Waals surface area contributed by atoms with Crippen molar-refractivity contribution in [3.8, 4) is 0 Å². The number of rotatable bonds is 4. The van der Waals surface area contributed by atoms with Gasteiger partial charge in [0.25, 0.3) is 0 Å². The number of anilines is 2. The van der Waals surface area contributed by atoms with Crippen LogP contribution < -0.4 is 16.4 Å². The standard InChI is InChI=1S/C13H14F2N4OS/c14-7-2-1-3-8(15)9(7)10(20)11-12(16)19-13(21-11)18-6-4-17-5-6/h2,6,17H,1,3-5,16H2,(H,18,19). The summed E-state index contributed by atoms with van der Waals surface area (Å²) in [5.41, 5.74) is 5.19. The number of aromatic nitrogens is 1. The highest BCUT2D eigenvalue weighted by Crippen LogP contribution is 2.34. The Morgan fingerprint density at radius 2 is 2.24 bits per heavy atom. The van der Waals surface area contributed by atoms with Crippen molar-refractivity contribution < 1.29 is 13.6 Å². The molecule has 0 unspecified atom stereocenters. The quantitative estimate of drug-likeness (QED) is 0.743. The normalized spacial score (nSPS) is 19.2. The molecule has 0 aromatic carbocycles. The van der Waals surface area contributed by atoms with Gasteiger partial charge in [-0.05, 0) is 12.5 Å². The summed E-state index contributed by atoms with van der Waals surface area (Å²) < 4.78 is 27.5. The lowest BCUT2D eigenvalue weighted by molar-refractivity contribution is 0.103. The number of hydrogen-bond acceptors (Lipinski definition) is 6. The third-order valence-corrected chi connectivity index (χ3v) is 4.39. The Hall–Kier alpha value is -1.80. The van der Waals surface area contributed by atoms with Gasteiger partial charge in [-0.15, -0.1) is 0 Å². The number of nitrogens with zero attached hydrogens (tertiary/aromatic N) is 1. The third-order valence-electron chi connectivity index (χ3n) is 3.39. The summed E-state index contributed by atoms with van der Waals surface area (Å²) >= 11 is 1.02. The number of ketones is 1. The number of carbonyl (C=O) groups excluding carboxylic acids is 1. The number of nitrogens with one attached hydrogen (secondary N) is 2. The molecule has 2 aliphatic rings. The second-order valence-corrected chi connectivity index (χ2v) is 5.93. The highest BCUT2D eigenvalue weighted by atomic mass is 32.1. The maximum atomic E-state index is 13.7. The van der Waals surface area contributed by atoms with Gasteiger partial charge in [0.1, 0.15) is 22.3 Å². The van der Waals surface area contributed by atoms with E-state index in [1.54, 1.807) is 0 Å². The Bertz CT molecular complexity index is 649. The molecular formula is C13H14F2N4OS. The summed E-state index contributed by atoms with van der Waals surface area (Å²) in [6.45, 7) is 1.61. The van der Waals surface area contributed by atoms with Crippen molar-refractivity contribution in [2.45, 2.75) is 18.9 Å². The topological polar surface area (TPSA) is 80.0 Å². The van der Waals surface area contributed by atoms with Gasteiger partial charge in [0.2, 0.25) is 5.78 Å². The maximum absolute atomic E-state index is 13.7. The fraction of sp³-hybridized carbons (Fsp3) is 0.385. The highest BCUT2D eigenvalue weighted by Gasteiger charge is 2.28. The zero-order valence-electron chi connectivity index (χ0n) is 11.1. The van der Waals surface area contributed by atoms with Crippen LogP contribution in [0.5, 0.6) is 0 Å². The van der Waals surface area contributed by atoms with Crippen LogP contribution in [0, 0.1) is 0 Å². The van der Waals surface area contributed by atoms with Crippen LogP contribution in [0.2, 0.25) is 0 Å². The number of thiazole rings is 1. The van der Waals surface area contributed by atoms with Crippen LogP contribution >= 0.6 is 11.3 Å². The lowest BCUT2D eigenvalue weighted by Crippen LogP contribution is -2.51. The van der Waals surface area contributed by atoms with E-state index in [1.165, 1.54) is 6.08 Å². The molecule has 21 heavy (non-hydrogen) atoms. The van der Waals surface area contributed by atoms with Crippen LogP contribution in [-0.2, 0) is 0 Å². The lowest BCUT2D eigenvalue weighted by Gasteiger charge is -2.27. The molecule has 1 aliphatic heterocycles. The predicted octanol–water partition coefficient (Wildman–Crippen LogP) is 2.16. The van der Waals surface area contributed by atoms with Crippen molar-refractivity contribution in [1.29, 1.82) is 0 Å². The number of Topliss-reactive ketones (excluding diaryl/α,β-unsaturated/α-hetero) is 1. The fourth-order valence-electron chi connectivity index (χ4n) is 2.15. The van der Waals surface area contributed by atoms with Gasteiger partial charge in [-0.1, -0.05) is 11.3 Å². The molecule has 1 saturated heterocycles. The predicted molar refractivity (Wildman–Crippen MR) is 77.7 cm³/mol. The molecule has 2 heterocycles. The zero-order chi connectivity index (χ0) is 15.0. The van der Waals surface area contributed by atoms with Gasteiger partial charge in [0.15, 0.2) is 5.13 Å². The molecule has 0 bridgehead atoms. The van der Waals surface area contributed by atoms with Crippen molar-refractivity contribution in [1.82, 2.24) is 10.3 Å². The fourth-order valence-corrected chi connectivity index (χ4v) is 3.06. The van der Waals surface area contributed by atoms with Crippen LogP contribution in [-0.4, -0.2) is 29.9 Å². The molecule has 1 aliphatic carbocycles. The van der Waals surface area contributed by atoms with E-state index in [1.807, 2.05) is 0 Å². The average molecular weight is 312 g/mol. The highest BCUT2D eigenvalue weighted by molar-refractivity contribution is 7.18. The van der Waals surface area contributed by atoms with Crippen molar-refractivity contribution in [2.24, 2.45) is 0 Å². The first-order valence-electron chi connectivity index (χ1n) is 6.59. The molecule has 1 aromatic heterocycles. The summed E-state index contributed by atoms with van der Waals surface area (Å²) in [6, 6.07) is 0.237. The number of nitrogen functional groups attached to an aromatic ring is 1. The summed E-state index contributed by atoms with van der Waals surface area (Å²) in [5, 5.41) is 6.69. The smallest absolute Gasteiger partial charge is 0.212 e. The van der Waals surface area contributed by atoms with E-state index in [0.29, 0.717) is 5.13 Å². The molecule has 5 nitrogen and oxygen atoms in total. The molecule has 0 saturated carbocycles. The van der Waals surface area contributed by atoms with E-state index < -0.39 is 23.0 Å². The lowest BCUT2D eigenvalue weighted by atomic mass is 10.00. The number of halogens is 2. The first-order valence-corrected chi connectivity index (χ1v) is 7.41. The maximum Gasteiger partial charge on any atom is 0.212 e. The van der Waals surface area contributed by atoms with E-state index in [-0.39, 0.29) is 29.6 Å². The molecule has 1 aromatic rings. The average Bonchev–Trinajstić information content (AvgIpc) is 2.75. The van der Waals surface area contributed by atoms with E-state index in [9.17, 15) is 13.6 Å². The minimum atomic E-state index is -0.825. The Morgan fingerprint density at radius 1 is 1.48 bits per heavy atom. The number of hydrogen-bond donors (Lipinski definition) is 3. The van der Waals surface area contributed by atoms with Crippen molar-refractivity contribution in [2.75, 3.05) is 24.1 Å². The van der Waals surface area contributed by atoms with Crippen LogP contribution in [0.15, 0.2) is 23.3 Å². The summed E-state index contributed by atoms with van der Waals surface area (Å²) in [6.07, 6.45) is 1.51. The second-order valence-electron chi connectivity index (χ2n) is 4.93. The van der Waals surface area contributed by atoms with E-state index >= 15 is 0 Å². The third kappa shape index (κ3) is 2.68. The van der Waals surface area contributed by atoms with Gasteiger partial charge in [0, 0.05) is 19.5 Å². The summed E-state index contributed by atoms with van der Waals surface area (Å²) in [7, 11) is 0. The molecular weight excluding hydrogens is 298 g/mol. The Kier molecular flexibility index (Phi) is 3.73. The first-order chi connectivity index (χ1) is 10.1. The Labute approximate surface area is 123 Å². The molecule has 112 valence electrons. The van der Waals surface area contributed by atoms with Crippen LogP contribution in [0.1, 0.15) is 22.5 Å². The monoisotopic (exact) mass is 312 g/mol. The number of carbonyl (C=O) groups is 1. The molecule has 8 heteroatoms. The minimum absolute atomic E-state index is 0.00143. The van der Waals surface area contributed by atoms with Gasteiger partial charge in [0.05, 0.1) is 11.6 Å². The largest absolute Gasteiger partial charge is 0.382 e. The van der Waals surface area contributed by atoms with Crippen molar-refractivity contribution in [3.05, 3.63) is 28.2 Å². The second kappa shape index (κ2) is 5.53. The van der Waals surface area contributed by atoms with Gasteiger partial charge >= 0.3 is 0 Å². The Balaban J connectivity index is 1.86. The molecule has 3 rings (SSSR count). The zero-order valence-corrected chi connectivity index (χ0v) is 11.9. The molecule has 0 spiro atoms. The summed E-state index contributed by atoms with van der Waals surface area (Å²) in [5.74, 6) is -2.30. The number of nitrogens with two attached hydrogens (primary N) is 1. The van der Waals surface area contributed by atoms with Crippen molar-refractivity contribution >= 4 is 28.1 Å². The van der Waals surface area contributed by atoms with Crippen LogP contribution in [0.25, 0.3) is 0 Å². The number of allylic oxidation sites excluding steroid dienone is 4. The van der Waals surface area contributed by atoms with Gasteiger partial charge < -0.3 is 16.4 Å². The minimum Gasteiger partial charge on any atom is -0.382 e. The van der Waals surface area contributed by atoms with E-state index in [2.05, 4.69) is 15.6 Å². The van der Waals surface area contributed by atoms with E-state index in [4.69, 9.17) is 5.73 Å². The molecule has 4 N–H and O–H groups in total. The van der Waals surface area contributed by atoms with E-state index in [0.717, 1.165) is 24.4 Å². The van der Waals surface area contributed by atoms with Gasteiger partial charge in [-0.3, -0.25) is 4.79 Å².